The molecule has 0 aliphatic rings. The van der Waals surface area contributed by atoms with Crippen molar-refractivity contribution in [1.29, 1.82) is 0 Å². The van der Waals surface area contributed by atoms with E-state index in [4.69, 9.17) is 11.6 Å². The van der Waals surface area contributed by atoms with Crippen LogP contribution in [-0.4, -0.2) is 17.6 Å². The van der Waals surface area contributed by atoms with Gasteiger partial charge in [0.15, 0.2) is 0 Å². The summed E-state index contributed by atoms with van der Waals surface area (Å²) in [4.78, 5) is 12.0. The molecule has 4 heteroatoms. The Labute approximate surface area is 123 Å². The van der Waals surface area contributed by atoms with Gasteiger partial charge in [0, 0.05) is 17.1 Å². The first kappa shape index (κ1) is 14.6. The summed E-state index contributed by atoms with van der Waals surface area (Å²) >= 11 is 5.79. The third-order valence-corrected chi connectivity index (χ3v) is 3.35. The molecule has 0 bridgehead atoms. The summed E-state index contributed by atoms with van der Waals surface area (Å²) in [7, 11) is 0. The molecule has 2 aromatic rings. The smallest absolute Gasteiger partial charge is 0.251 e. The van der Waals surface area contributed by atoms with E-state index in [-0.39, 0.29) is 12.5 Å². The molecule has 0 aromatic heterocycles. The Morgan fingerprint density at radius 1 is 1.20 bits per heavy atom. The molecule has 2 N–H and O–H groups in total. The number of carbonyl (C=O) groups is 1. The first-order valence-electron chi connectivity index (χ1n) is 6.35. The van der Waals surface area contributed by atoms with Crippen molar-refractivity contribution in [2.75, 3.05) is 6.54 Å². The van der Waals surface area contributed by atoms with E-state index >= 15 is 0 Å². The molecule has 1 amide bonds. The summed E-state index contributed by atoms with van der Waals surface area (Å²) in [5.41, 5.74) is 2.25. The van der Waals surface area contributed by atoms with Crippen LogP contribution in [0.15, 0.2) is 48.5 Å². The Morgan fingerprint density at radius 3 is 2.50 bits per heavy atom. The molecule has 0 heterocycles. The van der Waals surface area contributed by atoms with Crippen LogP contribution in [0.1, 0.15) is 27.6 Å². The monoisotopic (exact) mass is 289 g/mol. The lowest BCUT2D eigenvalue weighted by Gasteiger charge is -2.13. The average molecular weight is 290 g/mol. The maximum Gasteiger partial charge on any atom is 0.251 e. The van der Waals surface area contributed by atoms with Gasteiger partial charge in [-0.25, -0.2) is 0 Å². The highest BCUT2D eigenvalue weighted by molar-refractivity contribution is 6.30. The molecular formula is C16H16ClNO2. The molecule has 0 aliphatic heterocycles. The maximum absolute atomic E-state index is 12.0. The van der Waals surface area contributed by atoms with Crippen molar-refractivity contribution < 1.29 is 9.90 Å². The molecule has 20 heavy (non-hydrogen) atoms. The number of amides is 1. The summed E-state index contributed by atoms with van der Waals surface area (Å²) in [6.45, 7) is 2.04. The minimum absolute atomic E-state index is 0.162. The summed E-state index contributed by atoms with van der Waals surface area (Å²) in [6, 6.07) is 14.3. The highest BCUT2D eigenvalue weighted by Crippen LogP contribution is 2.16. The van der Waals surface area contributed by atoms with Gasteiger partial charge >= 0.3 is 0 Å². The maximum atomic E-state index is 12.0. The van der Waals surface area contributed by atoms with Gasteiger partial charge in [-0.15, -0.1) is 0 Å². The zero-order chi connectivity index (χ0) is 14.5. The van der Waals surface area contributed by atoms with Gasteiger partial charge in [-0.3, -0.25) is 4.79 Å². The number of aryl methyl sites for hydroxylation is 1. The molecule has 0 unspecified atom stereocenters. The third-order valence-electron chi connectivity index (χ3n) is 3.10. The third kappa shape index (κ3) is 3.59. The van der Waals surface area contributed by atoms with E-state index in [1.165, 1.54) is 0 Å². The predicted molar refractivity (Wildman–Crippen MR) is 79.9 cm³/mol. The van der Waals surface area contributed by atoms with Crippen LogP contribution < -0.4 is 5.32 Å². The number of benzene rings is 2. The van der Waals surface area contributed by atoms with Crippen molar-refractivity contribution in [2.45, 2.75) is 13.0 Å². The average Bonchev–Trinajstić information content (AvgIpc) is 2.45. The molecule has 0 aliphatic carbocycles. The second-order valence-electron chi connectivity index (χ2n) is 4.59. The van der Waals surface area contributed by atoms with Gasteiger partial charge in [-0.1, -0.05) is 41.9 Å². The number of hydrogen-bond acceptors (Lipinski definition) is 2. The number of aliphatic hydroxyl groups excluding tert-OH is 1. The van der Waals surface area contributed by atoms with E-state index in [1.807, 2.05) is 25.1 Å². The molecule has 0 fully saturated rings. The van der Waals surface area contributed by atoms with E-state index in [9.17, 15) is 9.90 Å². The van der Waals surface area contributed by atoms with Crippen LogP contribution in [0, 0.1) is 6.92 Å². The van der Waals surface area contributed by atoms with Crippen LogP contribution in [0.25, 0.3) is 0 Å². The minimum atomic E-state index is -0.750. The standard InChI is InChI=1S/C16H16ClNO2/c1-11-4-2-3-5-14(11)16(20)18-10-15(19)12-6-8-13(17)9-7-12/h2-9,15,19H,10H2,1H3,(H,18,20)/t15-/m0/s1. The molecular weight excluding hydrogens is 274 g/mol. The van der Waals surface area contributed by atoms with Gasteiger partial charge in [0.2, 0.25) is 0 Å². The van der Waals surface area contributed by atoms with Crippen molar-refractivity contribution in [3.8, 4) is 0 Å². The van der Waals surface area contributed by atoms with E-state index in [1.54, 1.807) is 30.3 Å². The fourth-order valence-corrected chi connectivity index (χ4v) is 2.04. The highest BCUT2D eigenvalue weighted by atomic mass is 35.5. The topological polar surface area (TPSA) is 49.3 Å². The summed E-state index contributed by atoms with van der Waals surface area (Å²) in [5.74, 6) is -0.184. The number of halogens is 1. The van der Waals surface area contributed by atoms with E-state index in [0.717, 1.165) is 11.1 Å². The fraction of sp³-hybridized carbons (Fsp3) is 0.188. The second-order valence-corrected chi connectivity index (χ2v) is 5.03. The van der Waals surface area contributed by atoms with Gasteiger partial charge in [0.25, 0.3) is 5.91 Å². The summed E-state index contributed by atoms with van der Waals surface area (Å²) in [6.07, 6.45) is -0.750. The number of aliphatic hydroxyl groups is 1. The van der Waals surface area contributed by atoms with E-state index < -0.39 is 6.10 Å². The fourth-order valence-electron chi connectivity index (χ4n) is 1.92. The SMILES string of the molecule is Cc1ccccc1C(=O)NC[C@H](O)c1ccc(Cl)cc1. The van der Waals surface area contributed by atoms with Crippen LogP contribution in [0.4, 0.5) is 0 Å². The molecule has 2 aromatic carbocycles. The number of rotatable bonds is 4. The Hall–Kier alpha value is -1.84. The second kappa shape index (κ2) is 6.55. The van der Waals surface area contributed by atoms with E-state index in [2.05, 4.69) is 5.32 Å². The van der Waals surface area contributed by atoms with Crippen molar-refractivity contribution >= 4 is 17.5 Å². The highest BCUT2D eigenvalue weighted by Gasteiger charge is 2.12. The quantitative estimate of drug-likeness (QED) is 0.908. The lowest BCUT2D eigenvalue weighted by atomic mass is 10.1. The lowest BCUT2D eigenvalue weighted by Crippen LogP contribution is -2.28. The molecule has 3 nitrogen and oxygen atoms in total. The van der Waals surface area contributed by atoms with Crippen molar-refractivity contribution in [1.82, 2.24) is 5.32 Å². The lowest BCUT2D eigenvalue weighted by molar-refractivity contribution is 0.0915. The zero-order valence-corrected chi connectivity index (χ0v) is 11.9. The molecule has 104 valence electrons. The van der Waals surface area contributed by atoms with Gasteiger partial charge in [-0.2, -0.15) is 0 Å². The van der Waals surface area contributed by atoms with Crippen LogP contribution in [0.5, 0.6) is 0 Å². The van der Waals surface area contributed by atoms with Crippen molar-refractivity contribution in [3.05, 3.63) is 70.2 Å². The number of hydrogen-bond donors (Lipinski definition) is 2. The molecule has 2 rings (SSSR count). The van der Waals surface area contributed by atoms with Gasteiger partial charge in [-0.05, 0) is 36.2 Å². The first-order valence-corrected chi connectivity index (χ1v) is 6.73. The van der Waals surface area contributed by atoms with E-state index in [0.29, 0.717) is 10.6 Å². The zero-order valence-electron chi connectivity index (χ0n) is 11.1. The summed E-state index contributed by atoms with van der Waals surface area (Å²) < 4.78 is 0. The van der Waals surface area contributed by atoms with Crippen molar-refractivity contribution in [3.63, 3.8) is 0 Å². The number of nitrogens with one attached hydrogen (secondary N) is 1. The van der Waals surface area contributed by atoms with Crippen molar-refractivity contribution in [2.24, 2.45) is 0 Å². The Bertz CT molecular complexity index is 596. The largest absolute Gasteiger partial charge is 0.387 e. The predicted octanol–water partition coefficient (Wildman–Crippen LogP) is 3.11. The van der Waals surface area contributed by atoms with Crippen LogP contribution in [0.3, 0.4) is 0 Å². The summed E-state index contributed by atoms with van der Waals surface area (Å²) in [5, 5.41) is 13.4. The first-order chi connectivity index (χ1) is 9.58. The normalized spacial score (nSPS) is 11.9. The Morgan fingerprint density at radius 2 is 1.85 bits per heavy atom. The van der Waals surface area contributed by atoms with Gasteiger partial charge < -0.3 is 10.4 Å². The Kier molecular flexibility index (Phi) is 4.77. The van der Waals surface area contributed by atoms with Crippen LogP contribution in [0.2, 0.25) is 5.02 Å². The van der Waals surface area contributed by atoms with Gasteiger partial charge in [0.1, 0.15) is 0 Å². The molecule has 0 saturated heterocycles. The van der Waals surface area contributed by atoms with Crippen LogP contribution in [-0.2, 0) is 0 Å². The van der Waals surface area contributed by atoms with Crippen LogP contribution >= 0.6 is 11.6 Å². The molecule has 0 radical (unpaired) electrons. The molecule has 1 atom stereocenters. The molecule has 0 spiro atoms. The van der Waals surface area contributed by atoms with Gasteiger partial charge in [0.05, 0.1) is 6.10 Å². The number of carbonyl (C=O) groups excluding carboxylic acids is 1. The Balaban J connectivity index is 1.97. The minimum Gasteiger partial charge on any atom is -0.387 e. The molecule has 0 saturated carbocycles.